The highest BCUT2D eigenvalue weighted by Crippen LogP contribution is 2.20. The smallest absolute Gasteiger partial charge is 0.123 e. The normalized spacial score (nSPS) is 14.8. The molecule has 1 aliphatic rings. The zero-order valence-electron chi connectivity index (χ0n) is 12.8. The van der Waals surface area contributed by atoms with Crippen molar-refractivity contribution < 1.29 is 9.15 Å². The van der Waals surface area contributed by atoms with Gasteiger partial charge in [0, 0.05) is 18.2 Å². The minimum atomic E-state index is 0.688. The quantitative estimate of drug-likeness (QED) is 0.576. The Balaban J connectivity index is 1.51. The van der Waals surface area contributed by atoms with Crippen LogP contribution in [0.25, 0.3) is 0 Å². The molecule has 1 aromatic heterocycles. The second kappa shape index (κ2) is 9.19. The molecule has 0 aliphatic heterocycles. The van der Waals surface area contributed by atoms with Crippen LogP contribution in [0.15, 0.2) is 16.7 Å². The summed E-state index contributed by atoms with van der Waals surface area (Å²) in [4.78, 5) is 0. The minimum Gasteiger partial charge on any atom is -0.468 e. The summed E-state index contributed by atoms with van der Waals surface area (Å²) in [5.74, 6) is 1.04. The molecule has 1 aromatic rings. The summed E-state index contributed by atoms with van der Waals surface area (Å²) >= 11 is 0. The Morgan fingerprint density at radius 3 is 2.80 bits per heavy atom. The average molecular weight is 279 g/mol. The molecule has 0 aromatic carbocycles. The fraction of sp³-hybridized carbons (Fsp3) is 0.765. The highest BCUT2D eigenvalue weighted by molar-refractivity contribution is 5.16. The topological polar surface area (TPSA) is 34.4 Å². The largest absolute Gasteiger partial charge is 0.468 e. The van der Waals surface area contributed by atoms with Crippen molar-refractivity contribution in [2.45, 2.75) is 77.5 Å². The molecule has 20 heavy (non-hydrogen) atoms. The van der Waals surface area contributed by atoms with Crippen LogP contribution in [0.5, 0.6) is 0 Å². The van der Waals surface area contributed by atoms with Gasteiger partial charge in [0.1, 0.15) is 5.76 Å². The number of nitrogens with one attached hydrogen (secondary N) is 1. The molecule has 3 nitrogen and oxygen atoms in total. The first-order valence-corrected chi connectivity index (χ1v) is 8.26. The van der Waals surface area contributed by atoms with Gasteiger partial charge in [0.05, 0.1) is 19.4 Å². The molecule has 0 saturated heterocycles. The molecule has 1 saturated carbocycles. The van der Waals surface area contributed by atoms with E-state index < -0.39 is 0 Å². The Morgan fingerprint density at radius 2 is 2.00 bits per heavy atom. The van der Waals surface area contributed by atoms with E-state index in [-0.39, 0.29) is 0 Å². The summed E-state index contributed by atoms with van der Waals surface area (Å²) in [5, 5.41) is 3.48. The Morgan fingerprint density at radius 1 is 1.20 bits per heavy atom. The highest BCUT2D eigenvalue weighted by atomic mass is 16.5. The molecule has 0 unspecified atom stereocenters. The molecule has 114 valence electrons. The van der Waals surface area contributed by atoms with E-state index in [0.29, 0.717) is 6.61 Å². The molecule has 1 fully saturated rings. The highest BCUT2D eigenvalue weighted by Gasteiger charge is 2.21. The molecule has 1 N–H and O–H groups in total. The van der Waals surface area contributed by atoms with Gasteiger partial charge >= 0.3 is 0 Å². The van der Waals surface area contributed by atoms with Crippen LogP contribution in [0.1, 0.15) is 69.6 Å². The van der Waals surface area contributed by atoms with Crippen molar-refractivity contribution in [1.29, 1.82) is 0 Å². The van der Waals surface area contributed by atoms with Crippen molar-refractivity contribution in [3.63, 3.8) is 0 Å². The summed E-state index contributed by atoms with van der Waals surface area (Å²) < 4.78 is 11.3. The third kappa shape index (κ3) is 6.10. The summed E-state index contributed by atoms with van der Waals surface area (Å²) in [5.41, 5.74) is 1.20. The molecular formula is C17H29NO2. The van der Waals surface area contributed by atoms with Crippen molar-refractivity contribution in [2.75, 3.05) is 6.61 Å². The van der Waals surface area contributed by atoms with E-state index in [1.165, 1.54) is 56.9 Å². The molecule has 2 rings (SSSR count). The molecule has 0 spiro atoms. The maximum absolute atomic E-state index is 5.76. The molecule has 0 bridgehead atoms. The third-order valence-corrected chi connectivity index (χ3v) is 3.87. The van der Waals surface area contributed by atoms with Crippen LogP contribution in [-0.4, -0.2) is 12.6 Å². The Kier molecular flexibility index (Phi) is 7.16. The lowest BCUT2D eigenvalue weighted by Crippen LogP contribution is -2.15. The lowest BCUT2D eigenvalue weighted by Gasteiger charge is -2.06. The van der Waals surface area contributed by atoms with E-state index in [4.69, 9.17) is 9.15 Å². The van der Waals surface area contributed by atoms with Crippen LogP contribution in [0.2, 0.25) is 0 Å². The lowest BCUT2D eigenvalue weighted by atomic mass is 10.1. The molecule has 1 aliphatic carbocycles. The Bertz CT molecular complexity index is 358. The van der Waals surface area contributed by atoms with Crippen molar-refractivity contribution in [1.82, 2.24) is 5.32 Å². The van der Waals surface area contributed by atoms with Gasteiger partial charge in [-0.3, -0.25) is 0 Å². The first-order valence-electron chi connectivity index (χ1n) is 8.26. The zero-order chi connectivity index (χ0) is 14.0. The van der Waals surface area contributed by atoms with Gasteiger partial charge in [0.25, 0.3) is 0 Å². The van der Waals surface area contributed by atoms with E-state index >= 15 is 0 Å². The summed E-state index contributed by atoms with van der Waals surface area (Å²) in [6.45, 7) is 4.65. The number of furan rings is 1. The first kappa shape index (κ1) is 15.6. The van der Waals surface area contributed by atoms with E-state index in [1.807, 2.05) is 6.07 Å². The van der Waals surface area contributed by atoms with Crippen LogP contribution >= 0.6 is 0 Å². The molecule has 0 atom stereocenters. The summed E-state index contributed by atoms with van der Waals surface area (Å²) in [6.07, 6.45) is 12.3. The van der Waals surface area contributed by atoms with Crippen molar-refractivity contribution >= 4 is 0 Å². The van der Waals surface area contributed by atoms with Gasteiger partial charge in [0.15, 0.2) is 0 Å². The zero-order valence-corrected chi connectivity index (χ0v) is 12.8. The molecule has 1 heterocycles. The maximum Gasteiger partial charge on any atom is 0.123 e. The standard InChI is InChI=1S/C17H29NO2/c1-2-3-4-5-6-7-11-19-14-15-10-12-20-17(15)13-18-16-8-9-16/h10,12,16,18H,2-9,11,13-14H2,1H3. The maximum atomic E-state index is 5.76. The van der Waals surface area contributed by atoms with Gasteiger partial charge in [-0.1, -0.05) is 39.0 Å². The van der Waals surface area contributed by atoms with Crippen LogP contribution < -0.4 is 5.32 Å². The summed E-state index contributed by atoms with van der Waals surface area (Å²) in [7, 11) is 0. The molecule has 0 amide bonds. The Labute approximate surface area is 123 Å². The molecule has 0 radical (unpaired) electrons. The third-order valence-electron chi connectivity index (χ3n) is 3.87. The van der Waals surface area contributed by atoms with E-state index in [9.17, 15) is 0 Å². The van der Waals surface area contributed by atoms with Crippen molar-refractivity contribution in [2.24, 2.45) is 0 Å². The van der Waals surface area contributed by atoms with E-state index in [2.05, 4.69) is 12.2 Å². The fourth-order valence-corrected chi connectivity index (χ4v) is 2.34. The summed E-state index contributed by atoms with van der Waals surface area (Å²) in [6, 6.07) is 2.75. The van der Waals surface area contributed by atoms with Gasteiger partial charge in [-0.25, -0.2) is 0 Å². The average Bonchev–Trinajstić information content (AvgIpc) is 3.19. The fourth-order valence-electron chi connectivity index (χ4n) is 2.34. The van der Waals surface area contributed by atoms with Gasteiger partial charge in [-0.15, -0.1) is 0 Å². The van der Waals surface area contributed by atoms with E-state index in [1.54, 1.807) is 6.26 Å². The van der Waals surface area contributed by atoms with Crippen LogP contribution in [0.4, 0.5) is 0 Å². The number of ether oxygens (including phenoxy) is 1. The SMILES string of the molecule is CCCCCCCCOCc1ccoc1CNC1CC1. The molecular weight excluding hydrogens is 250 g/mol. The van der Waals surface area contributed by atoms with Crippen LogP contribution in [-0.2, 0) is 17.9 Å². The van der Waals surface area contributed by atoms with Crippen molar-refractivity contribution in [3.8, 4) is 0 Å². The lowest BCUT2D eigenvalue weighted by molar-refractivity contribution is 0.115. The number of hydrogen-bond acceptors (Lipinski definition) is 3. The van der Waals surface area contributed by atoms with Crippen LogP contribution in [0, 0.1) is 0 Å². The first-order chi connectivity index (χ1) is 9.90. The number of rotatable bonds is 12. The van der Waals surface area contributed by atoms with Gasteiger partial charge in [-0.2, -0.15) is 0 Å². The van der Waals surface area contributed by atoms with Gasteiger partial charge in [0.2, 0.25) is 0 Å². The second-order valence-electron chi connectivity index (χ2n) is 5.84. The molecule has 3 heteroatoms. The predicted octanol–water partition coefficient (Wildman–Crippen LogP) is 4.41. The Hall–Kier alpha value is -0.800. The van der Waals surface area contributed by atoms with Gasteiger partial charge < -0.3 is 14.5 Å². The second-order valence-corrected chi connectivity index (χ2v) is 5.84. The monoisotopic (exact) mass is 279 g/mol. The number of hydrogen-bond donors (Lipinski definition) is 1. The number of unbranched alkanes of at least 4 members (excludes halogenated alkanes) is 5. The van der Waals surface area contributed by atoms with E-state index in [0.717, 1.165) is 25.0 Å². The minimum absolute atomic E-state index is 0.688. The van der Waals surface area contributed by atoms with Gasteiger partial charge in [-0.05, 0) is 25.3 Å². The van der Waals surface area contributed by atoms with Crippen LogP contribution in [0.3, 0.4) is 0 Å². The van der Waals surface area contributed by atoms with Crippen molar-refractivity contribution in [3.05, 3.63) is 23.7 Å². The predicted molar refractivity (Wildman–Crippen MR) is 81.6 cm³/mol.